The molecule has 0 radical (unpaired) electrons. The van der Waals surface area contributed by atoms with E-state index in [0.717, 1.165) is 5.82 Å². The second-order valence-corrected chi connectivity index (χ2v) is 4.95. The molecule has 0 aliphatic carbocycles. The van der Waals surface area contributed by atoms with E-state index in [1.54, 1.807) is 23.2 Å². The van der Waals surface area contributed by atoms with Gasteiger partial charge in [0.2, 0.25) is 0 Å². The highest BCUT2D eigenvalue weighted by atomic mass is 19.1. The number of pyridine rings is 1. The average molecular weight is 285 g/mol. The lowest BCUT2D eigenvalue weighted by atomic mass is 10.1. The molecule has 3 rings (SSSR count). The molecule has 0 spiro atoms. The standard InChI is InChI=1S/C16H16FN3O/c17-14-6-2-1-5-13(14)16(21)20-11-9-19(10-12-20)15-7-3-4-8-18-15/h1-8H,9-12H2. The lowest BCUT2D eigenvalue weighted by Gasteiger charge is -2.35. The molecule has 21 heavy (non-hydrogen) atoms. The van der Waals surface area contributed by atoms with Gasteiger partial charge in [0.1, 0.15) is 11.6 Å². The van der Waals surface area contributed by atoms with Crippen molar-refractivity contribution in [3.8, 4) is 0 Å². The van der Waals surface area contributed by atoms with Gasteiger partial charge < -0.3 is 9.80 Å². The number of aromatic nitrogens is 1. The number of rotatable bonds is 2. The number of benzene rings is 1. The number of hydrogen-bond acceptors (Lipinski definition) is 3. The molecule has 4 nitrogen and oxygen atoms in total. The zero-order valence-electron chi connectivity index (χ0n) is 11.6. The van der Waals surface area contributed by atoms with Crippen molar-refractivity contribution in [2.24, 2.45) is 0 Å². The second-order valence-electron chi connectivity index (χ2n) is 4.95. The summed E-state index contributed by atoms with van der Waals surface area (Å²) >= 11 is 0. The summed E-state index contributed by atoms with van der Waals surface area (Å²) in [5.41, 5.74) is 0.142. The maximum Gasteiger partial charge on any atom is 0.256 e. The lowest BCUT2D eigenvalue weighted by molar-refractivity contribution is 0.0742. The number of anilines is 1. The van der Waals surface area contributed by atoms with Gasteiger partial charge in [0.25, 0.3) is 5.91 Å². The molecule has 1 aliphatic rings. The van der Waals surface area contributed by atoms with Gasteiger partial charge in [-0.25, -0.2) is 9.37 Å². The molecule has 1 aliphatic heterocycles. The number of piperazine rings is 1. The van der Waals surface area contributed by atoms with Crippen LogP contribution in [0.2, 0.25) is 0 Å². The molecule has 0 saturated carbocycles. The van der Waals surface area contributed by atoms with Gasteiger partial charge in [-0.1, -0.05) is 18.2 Å². The van der Waals surface area contributed by atoms with Crippen molar-refractivity contribution in [3.63, 3.8) is 0 Å². The van der Waals surface area contributed by atoms with Gasteiger partial charge in [0.15, 0.2) is 0 Å². The fourth-order valence-corrected chi connectivity index (χ4v) is 2.48. The van der Waals surface area contributed by atoms with Crippen molar-refractivity contribution in [3.05, 3.63) is 60.0 Å². The van der Waals surface area contributed by atoms with Crippen LogP contribution in [0.4, 0.5) is 10.2 Å². The first-order chi connectivity index (χ1) is 10.3. The number of hydrogen-bond donors (Lipinski definition) is 0. The fourth-order valence-electron chi connectivity index (χ4n) is 2.48. The third kappa shape index (κ3) is 2.86. The highest BCUT2D eigenvalue weighted by molar-refractivity contribution is 5.94. The van der Waals surface area contributed by atoms with Crippen LogP contribution < -0.4 is 4.90 Å². The van der Waals surface area contributed by atoms with Crippen LogP contribution in [0.5, 0.6) is 0 Å². The summed E-state index contributed by atoms with van der Waals surface area (Å²) in [6.07, 6.45) is 1.76. The smallest absolute Gasteiger partial charge is 0.256 e. The summed E-state index contributed by atoms with van der Waals surface area (Å²) in [5.74, 6) is 0.207. The summed E-state index contributed by atoms with van der Waals surface area (Å²) in [7, 11) is 0. The van der Waals surface area contributed by atoms with Crippen LogP contribution in [0, 0.1) is 5.82 Å². The van der Waals surface area contributed by atoms with E-state index in [-0.39, 0.29) is 11.5 Å². The molecule has 1 aromatic carbocycles. The van der Waals surface area contributed by atoms with E-state index in [1.807, 2.05) is 18.2 Å². The van der Waals surface area contributed by atoms with Gasteiger partial charge in [-0.05, 0) is 24.3 Å². The van der Waals surface area contributed by atoms with Crippen molar-refractivity contribution in [1.82, 2.24) is 9.88 Å². The predicted octanol–water partition coefficient (Wildman–Crippen LogP) is 2.18. The Kier molecular flexibility index (Phi) is 3.81. The molecule has 0 unspecified atom stereocenters. The van der Waals surface area contributed by atoms with Gasteiger partial charge in [0, 0.05) is 32.4 Å². The number of halogens is 1. The Morgan fingerprint density at radius 2 is 1.71 bits per heavy atom. The second kappa shape index (κ2) is 5.91. The van der Waals surface area contributed by atoms with Gasteiger partial charge in [-0.15, -0.1) is 0 Å². The van der Waals surface area contributed by atoms with Crippen molar-refractivity contribution in [1.29, 1.82) is 0 Å². The molecule has 1 amide bonds. The van der Waals surface area contributed by atoms with E-state index in [0.29, 0.717) is 26.2 Å². The zero-order valence-corrected chi connectivity index (χ0v) is 11.6. The monoisotopic (exact) mass is 285 g/mol. The van der Waals surface area contributed by atoms with Crippen LogP contribution >= 0.6 is 0 Å². The van der Waals surface area contributed by atoms with Crippen molar-refractivity contribution in [2.75, 3.05) is 31.1 Å². The third-order valence-corrected chi connectivity index (χ3v) is 3.64. The minimum absolute atomic E-state index is 0.142. The number of carbonyl (C=O) groups excluding carboxylic acids is 1. The summed E-state index contributed by atoms with van der Waals surface area (Å²) in [6, 6.07) is 11.9. The van der Waals surface area contributed by atoms with E-state index in [1.165, 1.54) is 12.1 Å². The van der Waals surface area contributed by atoms with Crippen LogP contribution in [0.15, 0.2) is 48.7 Å². The Hall–Kier alpha value is -2.43. The van der Waals surface area contributed by atoms with E-state index >= 15 is 0 Å². The summed E-state index contributed by atoms with van der Waals surface area (Å²) in [4.78, 5) is 20.4. The minimum Gasteiger partial charge on any atom is -0.353 e. The van der Waals surface area contributed by atoms with Crippen LogP contribution in [0.1, 0.15) is 10.4 Å². The van der Waals surface area contributed by atoms with Crippen molar-refractivity contribution >= 4 is 11.7 Å². The van der Waals surface area contributed by atoms with E-state index in [9.17, 15) is 9.18 Å². The highest BCUT2D eigenvalue weighted by Crippen LogP contribution is 2.15. The molecule has 1 fully saturated rings. The first kappa shape index (κ1) is 13.5. The molecule has 0 N–H and O–H groups in total. The third-order valence-electron chi connectivity index (χ3n) is 3.64. The molecular formula is C16H16FN3O. The summed E-state index contributed by atoms with van der Waals surface area (Å²) in [5, 5.41) is 0. The molecule has 108 valence electrons. The fraction of sp³-hybridized carbons (Fsp3) is 0.250. The minimum atomic E-state index is -0.463. The number of nitrogens with zero attached hydrogens (tertiary/aromatic N) is 3. The summed E-state index contributed by atoms with van der Waals surface area (Å²) < 4.78 is 13.7. The Balaban J connectivity index is 1.66. The molecule has 2 heterocycles. The van der Waals surface area contributed by atoms with E-state index in [2.05, 4.69) is 9.88 Å². The molecule has 0 bridgehead atoms. The van der Waals surface area contributed by atoms with Crippen LogP contribution in [0.3, 0.4) is 0 Å². The lowest BCUT2D eigenvalue weighted by Crippen LogP contribution is -2.49. The Morgan fingerprint density at radius 1 is 1.00 bits per heavy atom. The normalized spacial score (nSPS) is 15.1. The quantitative estimate of drug-likeness (QED) is 0.848. The van der Waals surface area contributed by atoms with Gasteiger partial charge in [-0.3, -0.25) is 4.79 Å². The Morgan fingerprint density at radius 3 is 2.38 bits per heavy atom. The molecule has 1 saturated heterocycles. The zero-order chi connectivity index (χ0) is 14.7. The van der Waals surface area contributed by atoms with Gasteiger partial charge >= 0.3 is 0 Å². The number of carbonyl (C=O) groups is 1. The molecule has 5 heteroatoms. The maximum atomic E-state index is 13.7. The van der Waals surface area contributed by atoms with Crippen LogP contribution in [-0.2, 0) is 0 Å². The SMILES string of the molecule is O=C(c1ccccc1F)N1CCN(c2ccccn2)CC1. The maximum absolute atomic E-state index is 13.7. The van der Waals surface area contributed by atoms with Gasteiger partial charge in [-0.2, -0.15) is 0 Å². The first-order valence-electron chi connectivity index (χ1n) is 6.95. The molecular weight excluding hydrogens is 269 g/mol. The van der Waals surface area contributed by atoms with E-state index < -0.39 is 5.82 Å². The average Bonchev–Trinajstić information content (AvgIpc) is 2.56. The number of amides is 1. The molecule has 0 atom stereocenters. The molecule has 1 aromatic heterocycles. The van der Waals surface area contributed by atoms with E-state index in [4.69, 9.17) is 0 Å². The van der Waals surface area contributed by atoms with Crippen molar-refractivity contribution < 1.29 is 9.18 Å². The predicted molar refractivity (Wildman–Crippen MR) is 78.8 cm³/mol. The largest absolute Gasteiger partial charge is 0.353 e. The summed E-state index contributed by atoms with van der Waals surface area (Å²) in [6.45, 7) is 2.56. The van der Waals surface area contributed by atoms with Crippen LogP contribution in [-0.4, -0.2) is 42.0 Å². The van der Waals surface area contributed by atoms with Crippen LogP contribution in [0.25, 0.3) is 0 Å². The first-order valence-corrected chi connectivity index (χ1v) is 6.95. The van der Waals surface area contributed by atoms with Gasteiger partial charge in [0.05, 0.1) is 5.56 Å². The molecule has 2 aromatic rings. The van der Waals surface area contributed by atoms with Crippen molar-refractivity contribution in [2.45, 2.75) is 0 Å². The highest BCUT2D eigenvalue weighted by Gasteiger charge is 2.24. The Labute approximate surface area is 122 Å². The topological polar surface area (TPSA) is 36.4 Å². The Bertz CT molecular complexity index is 624.